The van der Waals surface area contributed by atoms with Crippen LogP contribution in [-0.2, 0) is 0 Å². The Morgan fingerprint density at radius 1 is 0.652 bits per heavy atom. The molecule has 4 rings (SSSR count). The van der Waals surface area contributed by atoms with Crippen molar-refractivity contribution < 1.29 is 0 Å². The monoisotopic (exact) mass is 297 g/mol. The fourth-order valence-electron chi connectivity index (χ4n) is 2.60. The summed E-state index contributed by atoms with van der Waals surface area (Å²) in [6, 6.07) is 28.4. The van der Waals surface area contributed by atoms with Gasteiger partial charge in [-0.1, -0.05) is 66.7 Å². The quantitative estimate of drug-likeness (QED) is 0.553. The van der Waals surface area contributed by atoms with Crippen molar-refractivity contribution in [3.8, 4) is 28.3 Å². The van der Waals surface area contributed by atoms with Gasteiger partial charge in [-0.25, -0.2) is 9.67 Å². The summed E-state index contributed by atoms with van der Waals surface area (Å²) in [5.74, 6) is 0.813. The first-order valence-corrected chi connectivity index (χ1v) is 7.54. The number of hydrogen-bond donors (Lipinski definition) is 0. The Hall–Kier alpha value is -3.20. The Kier molecular flexibility index (Phi) is 3.45. The molecule has 110 valence electrons. The van der Waals surface area contributed by atoms with E-state index in [1.807, 2.05) is 59.3 Å². The molecular formula is C20H15N3. The highest BCUT2D eigenvalue weighted by atomic mass is 15.3. The van der Waals surface area contributed by atoms with E-state index in [0.29, 0.717) is 0 Å². The predicted molar refractivity (Wildman–Crippen MR) is 92.2 cm³/mol. The average Bonchev–Trinajstić information content (AvgIpc) is 3.09. The molecule has 2 aromatic carbocycles. The molecule has 3 heteroatoms. The fraction of sp³-hybridized carbons (Fsp3) is 0. The highest BCUT2D eigenvalue weighted by Crippen LogP contribution is 2.27. The Labute approximate surface area is 134 Å². The summed E-state index contributed by atoms with van der Waals surface area (Å²) >= 11 is 0. The first-order valence-electron chi connectivity index (χ1n) is 7.54. The van der Waals surface area contributed by atoms with Crippen LogP contribution in [0.25, 0.3) is 28.3 Å². The molecule has 2 heterocycles. The van der Waals surface area contributed by atoms with E-state index in [2.05, 4.69) is 35.3 Å². The molecule has 0 aliphatic rings. The van der Waals surface area contributed by atoms with E-state index < -0.39 is 0 Å². The van der Waals surface area contributed by atoms with Crippen LogP contribution in [0.15, 0.2) is 91.1 Å². The van der Waals surface area contributed by atoms with Crippen LogP contribution in [0.4, 0.5) is 0 Å². The lowest BCUT2D eigenvalue weighted by atomic mass is 10.1. The summed E-state index contributed by atoms with van der Waals surface area (Å²) < 4.78 is 1.90. The van der Waals surface area contributed by atoms with Crippen LogP contribution in [0, 0.1) is 0 Å². The van der Waals surface area contributed by atoms with Crippen molar-refractivity contribution in [2.24, 2.45) is 0 Å². The molecule has 0 atom stereocenters. The topological polar surface area (TPSA) is 30.7 Å². The minimum absolute atomic E-state index is 0.813. The van der Waals surface area contributed by atoms with E-state index in [9.17, 15) is 0 Å². The largest absolute Gasteiger partial charge is 0.237 e. The van der Waals surface area contributed by atoms with Gasteiger partial charge in [-0.3, -0.25) is 0 Å². The van der Waals surface area contributed by atoms with Gasteiger partial charge in [0.2, 0.25) is 0 Å². The number of aromatic nitrogens is 3. The van der Waals surface area contributed by atoms with Gasteiger partial charge in [0.05, 0.1) is 11.4 Å². The average molecular weight is 297 g/mol. The van der Waals surface area contributed by atoms with Crippen LogP contribution < -0.4 is 0 Å². The number of nitrogens with zero attached hydrogens (tertiary/aromatic N) is 3. The van der Waals surface area contributed by atoms with Crippen molar-refractivity contribution in [2.45, 2.75) is 0 Å². The lowest BCUT2D eigenvalue weighted by molar-refractivity contribution is 0.857. The fourth-order valence-corrected chi connectivity index (χ4v) is 2.60. The summed E-state index contributed by atoms with van der Waals surface area (Å²) in [6.45, 7) is 0. The molecule has 3 nitrogen and oxygen atoms in total. The van der Waals surface area contributed by atoms with E-state index in [1.54, 1.807) is 6.20 Å². The molecule has 23 heavy (non-hydrogen) atoms. The summed E-state index contributed by atoms with van der Waals surface area (Å²) in [6.07, 6.45) is 1.79. The summed E-state index contributed by atoms with van der Waals surface area (Å²) in [5.41, 5.74) is 4.19. The van der Waals surface area contributed by atoms with E-state index in [1.165, 1.54) is 0 Å². The predicted octanol–water partition coefficient (Wildman–Crippen LogP) is 4.60. The molecule has 0 radical (unpaired) electrons. The number of rotatable bonds is 3. The van der Waals surface area contributed by atoms with E-state index in [0.717, 1.165) is 28.3 Å². The number of pyridine rings is 1. The normalized spacial score (nSPS) is 10.6. The van der Waals surface area contributed by atoms with Crippen molar-refractivity contribution in [3.05, 3.63) is 91.1 Å². The van der Waals surface area contributed by atoms with Gasteiger partial charge in [-0.05, 0) is 18.2 Å². The minimum Gasteiger partial charge on any atom is -0.237 e. The Morgan fingerprint density at radius 2 is 1.30 bits per heavy atom. The number of hydrogen-bond acceptors (Lipinski definition) is 2. The van der Waals surface area contributed by atoms with Gasteiger partial charge in [-0.2, -0.15) is 5.10 Å². The molecule has 0 amide bonds. The van der Waals surface area contributed by atoms with Gasteiger partial charge >= 0.3 is 0 Å². The van der Waals surface area contributed by atoms with Crippen LogP contribution in [-0.4, -0.2) is 14.8 Å². The van der Waals surface area contributed by atoms with Crippen molar-refractivity contribution >= 4 is 0 Å². The highest BCUT2D eigenvalue weighted by Gasteiger charge is 2.13. The Bertz CT molecular complexity index is 841. The lowest BCUT2D eigenvalue weighted by Gasteiger charge is -2.06. The zero-order valence-corrected chi connectivity index (χ0v) is 12.5. The summed E-state index contributed by atoms with van der Waals surface area (Å²) in [7, 11) is 0. The Morgan fingerprint density at radius 3 is 1.96 bits per heavy atom. The smallest absolute Gasteiger partial charge is 0.153 e. The van der Waals surface area contributed by atoms with Gasteiger partial charge in [-0.15, -0.1) is 0 Å². The molecule has 0 aliphatic heterocycles. The Balaban J connectivity index is 1.91. The van der Waals surface area contributed by atoms with Crippen LogP contribution in [0.5, 0.6) is 0 Å². The molecule has 0 unspecified atom stereocenters. The second-order valence-corrected chi connectivity index (χ2v) is 5.25. The third-order valence-corrected chi connectivity index (χ3v) is 3.71. The molecule has 0 saturated heterocycles. The van der Waals surface area contributed by atoms with Gasteiger partial charge in [0, 0.05) is 17.3 Å². The second-order valence-electron chi connectivity index (χ2n) is 5.25. The molecule has 2 aromatic heterocycles. The van der Waals surface area contributed by atoms with E-state index >= 15 is 0 Å². The minimum atomic E-state index is 0.813. The van der Waals surface area contributed by atoms with Gasteiger partial charge in [0.1, 0.15) is 0 Å². The number of benzene rings is 2. The van der Waals surface area contributed by atoms with E-state index in [-0.39, 0.29) is 0 Å². The van der Waals surface area contributed by atoms with Crippen molar-refractivity contribution in [1.29, 1.82) is 0 Å². The van der Waals surface area contributed by atoms with Crippen molar-refractivity contribution in [1.82, 2.24) is 14.8 Å². The van der Waals surface area contributed by atoms with Crippen LogP contribution in [0.3, 0.4) is 0 Å². The second kappa shape index (κ2) is 5.89. The molecule has 0 saturated carbocycles. The highest BCUT2D eigenvalue weighted by molar-refractivity contribution is 5.70. The SMILES string of the molecule is c1ccc(-c2cc(-c3ccccc3)n(-c3ccccn3)n2)cc1. The first-order chi connectivity index (χ1) is 11.4. The molecule has 0 spiro atoms. The molecule has 4 aromatic rings. The van der Waals surface area contributed by atoms with Crippen LogP contribution in [0.1, 0.15) is 0 Å². The lowest BCUT2D eigenvalue weighted by Crippen LogP contribution is -2.01. The standard InChI is InChI=1S/C20H15N3/c1-3-9-16(10-4-1)18-15-19(17-11-5-2-6-12-17)23(22-18)20-13-7-8-14-21-20/h1-15H. The summed E-state index contributed by atoms with van der Waals surface area (Å²) in [4.78, 5) is 4.44. The maximum absolute atomic E-state index is 4.78. The molecular weight excluding hydrogens is 282 g/mol. The molecule has 0 fully saturated rings. The van der Waals surface area contributed by atoms with Gasteiger partial charge in [0.25, 0.3) is 0 Å². The zero-order chi connectivity index (χ0) is 15.5. The third-order valence-electron chi connectivity index (χ3n) is 3.71. The maximum atomic E-state index is 4.78. The third kappa shape index (κ3) is 2.64. The summed E-state index contributed by atoms with van der Waals surface area (Å²) in [5, 5.41) is 4.78. The van der Waals surface area contributed by atoms with Crippen LogP contribution in [0.2, 0.25) is 0 Å². The van der Waals surface area contributed by atoms with Crippen LogP contribution >= 0.6 is 0 Å². The molecule has 0 aliphatic carbocycles. The maximum Gasteiger partial charge on any atom is 0.153 e. The van der Waals surface area contributed by atoms with E-state index in [4.69, 9.17) is 5.10 Å². The van der Waals surface area contributed by atoms with Crippen molar-refractivity contribution in [2.75, 3.05) is 0 Å². The molecule has 0 N–H and O–H groups in total. The van der Waals surface area contributed by atoms with Gasteiger partial charge in [0.15, 0.2) is 5.82 Å². The molecule has 0 bridgehead atoms. The zero-order valence-electron chi connectivity index (χ0n) is 12.5. The first kappa shape index (κ1) is 13.5. The van der Waals surface area contributed by atoms with Crippen molar-refractivity contribution in [3.63, 3.8) is 0 Å². The van der Waals surface area contributed by atoms with Gasteiger partial charge < -0.3 is 0 Å².